The number of para-hydroxylation sites is 1. The average molecular weight is 297 g/mol. The highest BCUT2D eigenvalue weighted by atomic mass is 35.5. The van der Waals surface area contributed by atoms with Gasteiger partial charge in [-0.2, -0.15) is 0 Å². The highest BCUT2D eigenvalue weighted by molar-refractivity contribution is 6.30. The summed E-state index contributed by atoms with van der Waals surface area (Å²) in [6, 6.07) is 15.0. The van der Waals surface area contributed by atoms with Crippen LogP contribution < -0.4 is 9.47 Å². The van der Waals surface area contributed by atoms with Gasteiger partial charge in [-0.05, 0) is 30.3 Å². The molecule has 0 radical (unpaired) electrons. The Bertz CT molecular complexity index is 515. The summed E-state index contributed by atoms with van der Waals surface area (Å²) in [5, 5.41) is 0.656. The van der Waals surface area contributed by atoms with Gasteiger partial charge in [0.15, 0.2) is 0 Å². The van der Waals surface area contributed by atoms with E-state index in [4.69, 9.17) is 32.7 Å². The molecule has 0 aliphatic heterocycles. The Morgan fingerprint density at radius 2 is 1.63 bits per heavy atom. The van der Waals surface area contributed by atoms with Crippen LogP contribution in [0.2, 0.25) is 5.02 Å². The smallest absolute Gasteiger partial charge is 0.123 e. The predicted octanol–water partition coefficient (Wildman–Crippen LogP) is 4.54. The normalized spacial score (nSPS) is 10.2. The monoisotopic (exact) mass is 296 g/mol. The quantitative estimate of drug-likeness (QED) is 0.576. The highest BCUT2D eigenvalue weighted by Gasteiger charge is 2.03. The van der Waals surface area contributed by atoms with Crippen molar-refractivity contribution in [1.29, 1.82) is 0 Å². The summed E-state index contributed by atoms with van der Waals surface area (Å²) in [5.41, 5.74) is 0.883. The molecule has 0 saturated carbocycles. The molecule has 0 saturated heterocycles. The van der Waals surface area contributed by atoms with Crippen LogP contribution in [0.1, 0.15) is 5.56 Å². The Morgan fingerprint density at radius 1 is 0.895 bits per heavy atom. The molecule has 19 heavy (non-hydrogen) atoms. The molecule has 2 aromatic carbocycles. The van der Waals surface area contributed by atoms with E-state index >= 15 is 0 Å². The number of hydrogen-bond donors (Lipinski definition) is 0. The first-order valence-corrected chi connectivity index (χ1v) is 6.86. The third-order valence-electron chi connectivity index (χ3n) is 2.52. The fraction of sp³-hybridized carbons (Fsp3) is 0.200. The van der Waals surface area contributed by atoms with Crippen molar-refractivity contribution >= 4 is 23.2 Å². The molecule has 0 atom stereocenters. The number of alkyl halides is 1. The first kappa shape index (κ1) is 14.0. The average Bonchev–Trinajstić information content (AvgIpc) is 2.46. The minimum absolute atomic E-state index is 0.370. The molecular formula is C15H14Cl2O2. The second-order valence-corrected chi connectivity index (χ2v) is 4.60. The molecule has 100 valence electrons. The Morgan fingerprint density at radius 3 is 2.37 bits per heavy atom. The van der Waals surface area contributed by atoms with Gasteiger partial charge in [-0.25, -0.2) is 0 Å². The summed E-state index contributed by atoms with van der Waals surface area (Å²) in [5.74, 6) is 1.95. The van der Waals surface area contributed by atoms with Crippen molar-refractivity contribution in [2.45, 2.75) is 5.88 Å². The number of hydrogen-bond acceptors (Lipinski definition) is 2. The van der Waals surface area contributed by atoms with Crippen molar-refractivity contribution < 1.29 is 9.47 Å². The Hall–Kier alpha value is -1.38. The first-order valence-electron chi connectivity index (χ1n) is 5.94. The predicted molar refractivity (Wildman–Crippen MR) is 78.4 cm³/mol. The van der Waals surface area contributed by atoms with Crippen LogP contribution in [0.4, 0.5) is 0 Å². The van der Waals surface area contributed by atoms with Crippen molar-refractivity contribution in [2.24, 2.45) is 0 Å². The molecule has 4 heteroatoms. The van der Waals surface area contributed by atoms with Gasteiger partial charge in [0.25, 0.3) is 0 Å². The molecule has 0 bridgehead atoms. The zero-order chi connectivity index (χ0) is 13.5. The standard InChI is InChI=1S/C15H14Cl2O2/c16-11-12-10-13(17)6-7-15(12)19-9-8-18-14-4-2-1-3-5-14/h1-7,10H,8-9,11H2. The van der Waals surface area contributed by atoms with Gasteiger partial charge in [-0.15, -0.1) is 11.6 Å². The largest absolute Gasteiger partial charge is 0.490 e. The van der Waals surface area contributed by atoms with Crippen molar-refractivity contribution in [3.05, 3.63) is 59.1 Å². The number of benzene rings is 2. The van der Waals surface area contributed by atoms with E-state index < -0.39 is 0 Å². The summed E-state index contributed by atoms with van der Waals surface area (Å²) in [4.78, 5) is 0. The van der Waals surface area contributed by atoms with Crippen molar-refractivity contribution in [2.75, 3.05) is 13.2 Å². The Kier molecular flexibility index (Phi) is 5.37. The van der Waals surface area contributed by atoms with Crippen LogP contribution in [-0.2, 0) is 5.88 Å². The van der Waals surface area contributed by atoms with E-state index in [0.29, 0.717) is 24.1 Å². The van der Waals surface area contributed by atoms with Crippen LogP contribution in [0.5, 0.6) is 11.5 Å². The molecule has 2 aromatic rings. The molecular weight excluding hydrogens is 283 g/mol. The van der Waals surface area contributed by atoms with Crippen molar-refractivity contribution in [3.63, 3.8) is 0 Å². The van der Waals surface area contributed by atoms with E-state index in [2.05, 4.69) is 0 Å². The van der Waals surface area contributed by atoms with E-state index in [1.807, 2.05) is 42.5 Å². The SMILES string of the molecule is ClCc1cc(Cl)ccc1OCCOc1ccccc1. The lowest BCUT2D eigenvalue weighted by Crippen LogP contribution is -2.09. The Balaban J connectivity index is 1.83. The van der Waals surface area contributed by atoms with Crippen LogP contribution in [0.25, 0.3) is 0 Å². The summed E-state index contributed by atoms with van der Waals surface area (Å²) in [7, 11) is 0. The lowest BCUT2D eigenvalue weighted by atomic mass is 10.2. The molecule has 2 rings (SSSR count). The van der Waals surface area contributed by atoms with Crippen molar-refractivity contribution in [3.8, 4) is 11.5 Å². The maximum absolute atomic E-state index is 5.90. The number of rotatable bonds is 6. The van der Waals surface area contributed by atoms with Gasteiger partial charge in [0.2, 0.25) is 0 Å². The van der Waals surface area contributed by atoms with Gasteiger partial charge in [-0.1, -0.05) is 29.8 Å². The minimum atomic E-state index is 0.370. The van der Waals surface area contributed by atoms with Crippen LogP contribution in [-0.4, -0.2) is 13.2 Å². The summed E-state index contributed by atoms with van der Waals surface area (Å²) >= 11 is 11.7. The number of ether oxygens (including phenoxy) is 2. The van der Waals surface area contributed by atoms with Gasteiger partial charge in [-0.3, -0.25) is 0 Å². The topological polar surface area (TPSA) is 18.5 Å². The van der Waals surface area contributed by atoms with Crippen LogP contribution in [0.15, 0.2) is 48.5 Å². The summed E-state index contributed by atoms with van der Waals surface area (Å²) in [6.07, 6.45) is 0. The molecule has 0 heterocycles. The lowest BCUT2D eigenvalue weighted by Gasteiger charge is -2.11. The zero-order valence-corrected chi connectivity index (χ0v) is 11.8. The van der Waals surface area contributed by atoms with Crippen LogP contribution >= 0.6 is 23.2 Å². The maximum Gasteiger partial charge on any atom is 0.123 e. The van der Waals surface area contributed by atoms with E-state index in [1.165, 1.54) is 0 Å². The molecule has 0 aromatic heterocycles. The summed E-state index contributed by atoms with van der Waals surface area (Å²) < 4.78 is 11.2. The molecule has 0 amide bonds. The van der Waals surface area contributed by atoms with Crippen LogP contribution in [0.3, 0.4) is 0 Å². The Labute approximate surface area is 122 Å². The van der Waals surface area contributed by atoms with Gasteiger partial charge >= 0.3 is 0 Å². The van der Waals surface area contributed by atoms with Gasteiger partial charge in [0.05, 0.1) is 5.88 Å². The second kappa shape index (κ2) is 7.27. The van der Waals surface area contributed by atoms with E-state index in [9.17, 15) is 0 Å². The van der Waals surface area contributed by atoms with Gasteiger partial charge < -0.3 is 9.47 Å². The molecule has 2 nitrogen and oxygen atoms in total. The third-order valence-corrected chi connectivity index (χ3v) is 3.04. The molecule has 0 spiro atoms. The number of halogens is 2. The van der Waals surface area contributed by atoms with E-state index in [-0.39, 0.29) is 0 Å². The molecule has 0 aliphatic rings. The first-order chi connectivity index (χ1) is 9.29. The maximum atomic E-state index is 5.90. The summed E-state index contributed by atoms with van der Waals surface area (Å²) in [6.45, 7) is 0.939. The second-order valence-electron chi connectivity index (χ2n) is 3.90. The zero-order valence-electron chi connectivity index (χ0n) is 10.3. The fourth-order valence-corrected chi connectivity index (χ4v) is 2.02. The van der Waals surface area contributed by atoms with Gasteiger partial charge in [0, 0.05) is 10.6 Å². The van der Waals surface area contributed by atoms with Crippen LogP contribution in [0, 0.1) is 0 Å². The fourth-order valence-electron chi connectivity index (χ4n) is 1.62. The third kappa shape index (κ3) is 4.34. The molecule has 0 aliphatic carbocycles. The highest BCUT2D eigenvalue weighted by Crippen LogP contribution is 2.24. The lowest BCUT2D eigenvalue weighted by molar-refractivity contribution is 0.216. The van der Waals surface area contributed by atoms with E-state index in [1.54, 1.807) is 6.07 Å². The minimum Gasteiger partial charge on any atom is -0.490 e. The molecule has 0 unspecified atom stereocenters. The van der Waals surface area contributed by atoms with E-state index in [0.717, 1.165) is 17.1 Å². The van der Waals surface area contributed by atoms with Gasteiger partial charge in [0.1, 0.15) is 24.7 Å². The van der Waals surface area contributed by atoms with Crippen molar-refractivity contribution in [1.82, 2.24) is 0 Å². The molecule has 0 fully saturated rings. The molecule has 0 N–H and O–H groups in total.